The minimum absolute atomic E-state index is 0.117. The van der Waals surface area contributed by atoms with Crippen LogP contribution in [-0.4, -0.2) is 0 Å². The van der Waals surface area contributed by atoms with E-state index in [-0.39, 0.29) is 5.41 Å². The molecule has 294 valence electrons. The molecule has 62 heavy (non-hydrogen) atoms. The molecule has 2 heteroatoms. The normalized spacial score (nSPS) is 13.9. The smallest absolute Gasteiger partial charge is 0.0728 e. The maximum absolute atomic E-state index is 2.49. The summed E-state index contributed by atoms with van der Waals surface area (Å²) in [5.41, 5.74) is 19.6. The van der Waals surface area contributed by atoms with Crippen molar-refractivity contribution in [2.75, 3.05) is 4.90 Å². The van der Waals surface area contributed by atoms with E-state index in [4.69, 9.17) is 0 Å². The number of thiophene rings is 1. The summed E-state index contributed by atoms with van der Waals surface area (Å²) >= 11 is 1.92. The summed E-state index contributed by atoms with van der Waals surface area (Å²) < 4.78 is 1.33. The standard InChI is InChI=1S/C60H43NS/c1-59(2)53-27-14-12-25-49(53)50-36-34-48(39-54(50)59)61(46-32-29-41(30-33-46)40-17-6-3-7-18-40)47-24-16-19-42(37-47)43-31-35-51-55(38-43)60(44-20-8-4-9-21-44,45-22-10-5-11-23-45)57-52-26-13-15-28-56(52)62-58(51)57/h3-39H,1-2H3. The Labute approximate surface area is 367 Å². The number of hydrogen-bond acceptors (Lipinski definition) is 2. The van der Waals surface area contributed by atoms with Crippen molar-refractivity contribution in [3.8, 4) is 43.8 Å². The molecule has 0 N–H and O–H groups in total. The van der Waals surface area contributed by atoms with Crippen LogP contribution in [0.25, 0.3) is 53.9 Å². The first-order chi connectivity index (χ1) is 30.5. The average molecular weight is 810 g/mol. The summed E-state index contributed by atoms with van der Waals surface area (Å²) in [6, 6.07) is 83.3. The van der Waals surface area contributed by atoms with Gasteiger partial charge in [0.25, 0.3) is 0 Å². The van der Waals surface area contributed by atoms with Crippen LogP contribution in [0.2, 0.25) is 0 Å². The van der Waals surface area contributed by atoms with E-state index in [9.17, 15) is 0 Å². The maximum Gasteiger partial charge on any atom is 0.0728 e. The van der Waals surface area contributed by atoms with Crippen LogP contribution in [0.1, 0.15) is 47.2 Å². The highest BCUT2D eigenvalue weighted by molar-refractivity contribution is 7.22. The molecule has 0 fully saturated rings. The van der Waals surface area contributed by atoms with Crippen LogP contribution in [0.15, 0.2) is 224 Å². The Kier molecular flexibility index (Phi) is 8.36. The number of hydrogen-bond donors (Lipinski definition) is 0. The Bertz CT molecular complexity index is 3270. The molecule has 0 saturated carbocycles. The van der Waals surface area contributed by atoms with Gasteiger partial charge in [-0.1, -0.05) is 190 Å². The highest BCUT2D eigenvalue weighted by Gasteiger charge is 2.48. The summed E-state index contributed by atoms with van der Waals surface area (Å²) in [4.78, 5) is 3.80. The van der Waals surface area contributed by atoms with Crippen LogP contribution in [-0.2, 0) is 10.8 Å². The highest BCUT2D eigenvalue weighted by atomic mass is 32.1. The highest BCUT2D eigenvalue weighted by Crippen LogP contribution is 2.61. The van der Waals surface area contributed by atoms with Gasteiger partial charge in [0.2, 0.25) is 0 Å². The van der Waals surface area contributed by atoms with E-state index in [1.54, 1.807) is 0 Å². The van der Waals surface area contributed by atoms with Gasteiger partial charge < -0.3 is 4.90 Å². The van der Waals surface area contributed by atoms with E-state index in [1.807, 2.05) is 11.3 Å². The van der Waals surface area contributed by atoms with E-state index >= 15 is 0 Å². The summed E-state index contributed by atoms with van der Waals surface area (Å²) in [5, 5.41) is 1.33. The minimum atomic E-state index is -0.484. The molecule has 2 aliphatic rings. The zero-order valence-corrected chi connectivity index (χ0v) is 35.5. The molecule has 0 bridgehead atoms. The first kappa shape index (κ1) is 36.6. The van der Waals surface area contributed by atoms with Crippen molar-refractivity contribution in [3.05, 3.63) is 258 Å². The van der Waals surface area contributed by atoms with Gasteiger partial charge in [-0.2, -0.15) is 0 Å². The lowest BCUT2D eigenvalue weighted by atomic mass is 9.67. The van der Waals surface area contributed by atoms with Gasteiger partial charge in [-0.3, -0.25) is 0 Å². The van der Waals surface area contributed by atoms with Gasteiger partial charge in [-0.05, 0) is 126 Å². The summed E-state index contributed by atoms with van der Waals surface area (Å²) in [6.45, 7) is 4.73. The molecule has 9 aromatic carbocycles. The minimum Gasteiger partial charge on any atom is -0.310 e. The molecule has 0 aliphatic heterocycles. The van der Waals surface area contributed by atoms with Gasteiger partial charge in [0.05, 0.1) is 5.41 Å². The van der Waals surface area contributed by atoms with Crippen molar-refractivity contribution in [2.24, 2.45) is 0 Å². The van der Waals surface area contributed by atoms with Crippen molar-refractivity contribution in [3.63, 3.8) is 0 Å². The van der Waals surface area contributed by atoms with Crippen molar-refractivity contribution >= 4 is 38.5 Å². The van der Waals surface area contributed by atoms with Gasteiger partial charge in [-0.25, -0.2) is 0 Å². The molecule has 1 nitrogen and oxygen atoms in total. The van der Waals surface area contributed by atoms with Crippen LogP contribution in [0.5, 0.6) is 0 Å². The second-order valence-electron chi connectivity index (χ2n) is 17.2. The fraction of sp³-hybridized carbons (Fsp3) is 0.0667. The summed E-state index contributed by atoms with van der Waals surface area (Å²) in [6.07, 6.45) is 0. The van der Waals surface area contributed by atoms with Crippen molar-refractivity contribution in [1.82, 2.24) is 0 Å². The molecule has 0 unspecified atom stereocenters. The first-order valence-electron chi connectivity index (χ1n) is 21.6. The molecular weight excluding hydrogens is 767 g/mol. The molecule has 0 saturated heterocycles. The zero-order chi connectivity index (χ0) is 41.4. The maximum atomic E-state index is 2.49. The fourth-order valence-corrected chi connectivity index (χ4v) is 12.0. The predicted octanol–water partition coefficient (Wildman–Crippen LogP) is 16.4. The molecule has 1 aromatic heterocycles. The quantitative estimate of drug-likeness (QED) is 0.155. The van der Waals surface area contributed by atoms with Gasteiger partial charge in [-0.15, -0.1) is 11.3 Å². The van der Waals surface area contributed by atoms with Crippen LogP contribution < -0.4 is 4.90 Å². The molecule has 10 aromatic rings. The van der Waals surface area contributed by atoms with Gasteiger partial charge >= 0.3 is 0 Å². The lowest BCUT2D eigenvalue weighted by Crippen LogP contribution is -2.28. The molecule has 1 heterocycles. The van der Waals surface area contributed by atoms with Crippen molar-refractivity contribution in [1.29, 1.82) is 0 Å². The average Bonchev–Trinajstić information content (AvgIpc) is 3.93. The van der Waals surface area contributed by atoms with Gasteiger partial charge in [0.15, 0.2) is 0 Å². The van der Waals surface area contributed by atoms with Crippen LogP contribution in [0, 0.1) is 0 Å². The topological polar surface area (TPSA) is 3.24 Å². The second-order valence-corrected chi connectivity index (χ2v) is 18.3. The second kappa shape index (κ2) is 14.2. The number of fused-ring (bicyclic) bond motifs is 8. The molecule has 12 rings (SSSR count). The number of nitrogens with zero attached hydrogens (tertiary/aromatic N) is 1. The van der Waals surface area contributed by atoms with Crippen molar-refractivity contribution < 1.29 is 0 Å². The van der Waals surface area contributed by atoms with E-state index < -0.39 is 5.41 Å². The van der Waals surface area contributed by atoms with Gasteiger partial charge in [0, 0.05) is 32.1 Å². The number of anilines is 3. The summed E-state index contributed by atoms with van der Waals surface area (Å²) in [7, 11) is 0. The number of rotatable bonds is 7. The predicted molar refractivity (Wildman–Crippen MR) is 262 cm³/mol. The van der Waals surface area contributed by atoms with E-state index in [0.717, 1.165) is 17.1 Å². The molecule has 0 radical (unpaired) electrons. The first-order valence-corrected chi connectivity index (χ1v) is 22.4. The molecule has 0 amide bonds. The Morgan fingerprint density at radius 2 is 0.919 bits per heavy atom. The summed E-state index contributed by atoms with van der Waals surface area (Å²) in [5.74, 6) is 0. The van der Waals surface area contributed by atoms with Crippen LogP contribution >= 0.6 is 11.3 Å². The van der Waals surface area contributed by atoms with Crippen LogP contribution in [0.3, 0.4) is 0 Å². The molecule has 0 atom stereocenters. The monoisotopic (exact) mass is 809 g/mol. The SMILES string of the molecule is CC1(C)c2ccccc2-c2ccc(N(c3ccc(-c4ccccc4)cc3)c3cccc(-c4ccc5c(c4)C(c4ccccc4)(c4ccccc4)c4c-5sc5ccccc45)c3)cc21. The lowest BCUT2D eigenvalue weighted by molar-refractivity contribution is 0.660. The van der Waals surface area contributed by atoms with Crippen molar-refractivity contribution in [2.45, 2.75) is 24.7 Å². The molecule has 2 aliphatic carbocycles. The fourth-order valence-electron chi connectivity index (χ4n) is 10.7. The lowest BCUT2D eigenvalue weighted by Gasteiger charge is -2.34. The largest absolute Gasteiger partial charge is 0.310 e. The zero-order valence-electron chi connectivity index (χ0n) is 34.7. The van der Waals surface area contributed by atoms with E-state index in [1.165, 1.54) is 87.3 Å². The molecule has 0 spiro atoms. The van der Waals surface area contributed by atoms with Crippen LogP contribution in [0.4, 0.5) is 17.1 Å². The third kappa shape index (κ3) is 5.46. The van der Waals surface area contributed by atoms with E-state index in [0.29, 0.717) is 0 Å². The van der Waals surface area contributed by atoms with E-state index in [2.05, 4.69) is 243 Å². The Balaban J connectivity index is 1.04. The number of benzene rings is 9. The molecular formula is C60H43NS. The third-order valence-electron chi connectivity index (χ3n) is 13.5. The third-order valence-corrected chi connectivity index (χ3v) is 14.8. The van der Waals surface area contributed by atoms with Gasteiger partial charge in [0.1, 0.15) is 0 Å². The Morgan fingerprint density at radius 1 is 0.371 bits per heavy atom. The Morgan fingerprint density at radius 3 is 1.68 bits per heavy atom. The Hall–Kier alpha value is -7.26.